The predicted molar refractivity (Wildman–Crippen MR) is 122 cm³/mol. The van der Waals surface area contributed by atoms with Crippen LogP contribution in [0.2, 0.25) is 0 Å². The van der Waals surface area contributed by atoms with Crippen molar-refractivity contribution in [3.63, 3.8) is 0 Å². The Labute approximate surface area is 181 Å². The molecule has 1 fully saturated rings. The summed E-state index contributed by atoms with van der Waals surface area (Å²) in [6, 6.07) is 0. The Hall–Kier alpha value is -0.610. The van der Waals surface area contributed by atoms with Crippen LogP contribution in [0.3, 0.4) is 0 Å². The molecular formula is C25H49NO3. The van der Waals surface area contributed by atoms with Gasteiger partial charge in [-0.3, -0.25) is 9.69 Å². The summed E-state index contributed by atoms with van der Waals surface area (Å²) in [6.45, 7) is 9.51. The third kappa shape index (κ3) is 17.9. The predicted octanol–water partition coefficient (Wildman–Crippen LogP) is 6.37. The molecule has 0 unspecified atom stereocenters. The van der Waals surface area contributed by atoms with E-state index in [2.05, 4.69) is 18.7 Å². The Morgan fingerprint density at radius 3 is 1.79 bits per heavy atom. The molecule has 0 spiro atoms. The fraction of sp³-hybridized carbons (Fsp3) is 0.960. The summed E-state index contributed by atoms with van der Waals surface area (Å²) in [7, 11) is 0. The Balaban J connectivity index is 1.72. The molecule has 4 heteroatoms. The Kier molecular flexibility index (Phi) is 17.6. The van der Waals surface area contributed by atoms with Crippen molar-refractivity contribution in [2.75, 3.05) is 39.5 Å². The summed E-state index contributed by atoms with van der Waals surface area (Å²) >= 11 is 0. The van der Waals surface area contributed by atoms with E-state index in [9.17, 15) is 4.79 Å². The normalized spacial score (nSPS) is 15.1. The van der Waals surface area contributed by atoms with Gasteiger partial charge in [0, 0.05) is 26.1 Å². The highest BCUT2D eigenvalue weighted by Gasteiger charge is 2.10. The molecule has 0 aromatic rings. The molecule has 0 amide bonds. The second-order valence-corrected chi connectivity index (χ2v) is 9.20. The van der Waals surface area contributed by atoms with Crippen molar-refractivity contribution in [2.24, 2.45) is 5.92 Å². The summed E-state index contributed by atoms with van der Waals surface area (Å²) in [4.78, 5) is 14.1. The van der Waals surface area contributed by atoms with E-state index in [1.54, 1.807) is 0 Å². The zero-order valence-corrected chi connectivity index (χ0v) is 19.6. The quantitative estimate of drug-likeness (QED) is 0.183. The third-order valence-corrected chi connectivity index (χ3v) is 5.94. The van der Waals surface area contributed by atoms with Gasteiger partial charge in [-0.15, -0.1) is 0 Å². The van der Waals surface area contributed by atoms with Crippen LogP contribution in [0, 0.1) is 5.92 Å². The highest BCUT2D eigenvalue weighted by Crippen LogP contribution is 2.14. The Morgan fingerprint density at radius 1 is 0.793 bits per heavy atom. The average molecular weight is 412 g/mol. The minimum Gasteiger partial charge on any atom is -0.464 e. The standard InChI is InChI=1S/C25H49NO3/c1-24(2)16-14-12-10-8-6-4-3-5-7-9-11-13-15-17-25(27)29-23-20-26-18-21-28-22-19-26/h24H,3-23H2,1-2H3. The van der Waals surface area contributed by atoms with Crippen molar-refractivity contribution >= 4 is 5.97 Å². The summed E-state index contributed by atoms with van der Waals surface area (Å²) < 4.78 is 10.7. The van der Waals surface area contributed by atoms with E-state index in [0.29, 0.717) is 13.0 Å². The summed E-state index contributed by atoms with van der Waals surface area (Å²) in [6.07, 6.45) is 19.4. The maximum atomic E-state index is 11.8. The molecule has 0 aromatic carbocycles. The van der Waals surface area contributed by atoms with Crippen molar-refractivity contribution in [1.29, 1.82) is 0 Å². The van der Waals surface area contributed by atoms with Crippen LogP contribution in [-0.2, 0) is 14.3 Å². The molecule has 0 atom stereocenters. The number of unbranched alkanes of at least 4 members (excludes halogenated alkanes) is 12. The molecule has 0 bridgehead atoms. The zero-order chi connectivity index (χ0) is 21.0. The Morgan fingerprint density at radius 2 is 1.28 bits per heavy atom. The van der Waals surface area contributed by atoms with Gasteiger partial charge < -0.3 is 9.47 Å². The first-order valence-electron chi connectivity index (χ1n) is 12.6. The zero-order valence-electron chi connectivity index (χ0n) is 19.6. The summed E-state index contributed by atoms with van der Waals surface area (Å²) in [5.41, 5.74) is 0. The van der Waals surface area contributed by atoms with Crippen molar-refractivity contribution in [3.05, 3.63) is 0 Å². The van der Waals surface area contributed by atoms with Crippen LogP contribution in [0.1, 0.15) is 110 Å². The minimum absolute atomic E-state index is 0.0255. The van der Waals surface area contributed by atoms with E-state index in [1.165, 1.54) is 77.0 Å². The number of rotatable bonds is 19. The molecule has 0 saturated carbocycles. The molecule has 1 aliphatic heterocycles. The van der Waals surface area contributed by atoms with E-state index >= 15 is 0 Å². The Bertz CT molecular complexity index is 367. The lowest BCUT2D eigenvalue weighted by Crippen LogP contribution is -2.38. The molecule has 1 rings (SSSR count). The number of hydrogen-bond acceptors (Lipinski definition) is 4. The molecule has 0 radical (unpaired) electrons. The maximum absolute atomic E-state index is 11.8. The van der Waals surface area contributed by atoms with Gasteiger partial charge in [-0.1, -0.05) is 97.3 Å². The molecule has 172 valence electrons. The van der Waals surface area contributed by atoms with Gasteiger partial charge >= 0.3 is 5.97 Å². The smallest absolute Gasteiger partial charge is 0.305 e. The van der Waals surface area contributed by atoms with Gasteiger partial charge in [0.05, 0.1) is 13.2 Å². The van der Waals surface area contributed by atoms with E-state index in [4.69, 9.17) is 9.47 Å². The van der Waals surface area contributed by atoms with E-state index < -0.39 is 0 Å². The number of carbonyl (C=O) groups excluding carboxylic acids is 1. The summed E-state index contributed by atoms with van der Waals surface area (Å²) in [5.74, 6) is 0.844. The minimum atomic E-state index is -0.0255. The van der Waals surface area contributed by atoms with Crippen molar-refractivity contribution < 1.29 is 14.3 Å². The molecule has 0 aliphatic carbocycles. The number of morpholine rings is 1. The monoisotopic (exact) mass is 411 g/mol. The highest BCUT2D eigenvalue weighted by atomic mass is 16.5. The lowest BCUT2D eigenvalue weighted by molar-refractivity contribution is -0.144. The fourth-order valence-corrected chi connectivity index (χ4v) is 3.95. The van der Waals surface area contributed by atoms with Gasteiger partial charge in [0.2, 0.25) is 0 Å². The first-order chi connectivity index (χ1) is 14.2. The van der Waals surface area contributed by atoms with Gasteiger partial charge in [-0.25, -0.2) is 0 Å². The van der Waals surface area contributed by atoms with Crippen molar-refractivity contribution in [2.45, 2.75) is 110 Å². The van der Waals surface area contributed by atoms with Crippen LogP contribution in [0.4, 0.5) is 0 Å². The molecule has 0 N–H and O–H groups in total. The van der Waals surface area contributed by atoms with Gasteiger partial charge in [0.1, 0.15) is 6.61 Å². The molecule has 4 nitrogen and oxygen atoms in total. The molecule has 29 heavy (non-hydrogen) atoms. The fourth-order valence-electron chi connectivity index (χ4n) is 3.95. The lowest BCUT2D eigenvalue weighted by atomic mass is 10.0. The van der Waals surface area contributed by atoms with Crippen molar-refractivity contribution in [1.82, 2.24) is 4.90 Å². The van der Waals surface area contributed by atoms with Gasteiger partial charge in [0.25, 0.3) is 0 Å². The number of esters is 1. The maximum Gasteiger partial charge on any atom is 0.305 e. The lowest BCUT2D eigenvalue weighted by Gasteiger charge is -2.26. The topological polar surface area (TPSA) is 38.8 Å². The molecule has 1 saturated heterocycles. The van der Waals surface area contributed by atoms with E-state index in [1.807, 2.05) is 0 Å². The van der Waals surface area contributed by atoms with Crippen LogP contribution in [0.25, 0.3) is 0 Å². The second kappa shape index (κ2) is 19.4. The van der Waals surface area contributed by atoms with Crippen LogP contribution in [-0.4, -0.2) is 50.3 Å². The SMILES string of the molecule is CC(C)CCCCCCCCCCCCCCCC(=O)OCCN1CCOCC1. The van der Waals surface area contributed by atoms with Gasteiger partial charge in [-0.05, 0) is 12.3 Å². The molecule has 1 aliphatic rings. The van der Waals surface area contributed by atoms with Crippen LogP contribution in [0.15, 0.2) is 0 Å². The number of hydrogen-bond donors (Lipinski definition) is 0. The molecule has 1 heterocycles. The first-order valence-corrected chi connectivity index (χ1v) is 12.6. The second-order valence-electron chi connectivity index (χ2n) is 9.20. The highest BCUT2D eigenvalue weighted by molar-refractivity contribution is 5.69. The van der Waals surface area contributed by atoms with Crippen LogP contribution < -0.4 is 0 Å². The van der Waals surface area contributed by atoms with Crippen LogP contribution in [0.5, 0.6) is 0 Å². The first kappa shape index (κ1) is 26.4. The van der Waals surface area contributed by atoms with Gasteiger partial charge in [-0.2, -0.15) is 0 Å². The number of nitrogens with zero attached hydrogens (tertiary/aromatic N) is 1. The summed E-state index contributed by atoms with van der Waals surface area (Å²) in [5, 5.41) is 0. The third-order valence-electron chi connectivity index (χ3n) is 5.94. The molecule has 0 aromatic heterocycles. The van der Waals surface area contributed by atoms with E-state index in [-0.39, 0.29) is 5.97 Å². The van der Waals surface area contributed by atoms with Gasteiger partial charge in [0.15, 0.2) is 0 Å². The number of carbonyl (C=O) groups is 1. The number of ether oxygens (including phenoxy) is 2. The van der Waals surface area contributed by atoms with Crippen molar-refractivity contribution in [3.8, 4) is 0 Å². The molecular weight excluding hydrogens is 362 g/mol. The largest absolute Gasteiger partial charge is 0.464 e. The van der Waals surface area contributed by atoms with Crippen LogP contribution >= 0.6 is 0 Å². The average Bonchev–Trinajstić information content (AvgIpc) is 2.71. The van der Waals surface area contributed by atoms with E-state index in [0.717, 1.165) is 51.6 Å².